The standard InChI is InChI=1S/C17H14BrNOS/c18-14-8-6-13(7-9-14)17-19-15(11-21-17)10-16(20)12-4-2-1-3-5-12/h1-9,11,16,20H,10H2. The molecule has 0 aliphatic rings. The molecule has 1 aromatic heterocycles. The minimum absolute atomic E-state index is 0.508. The van der Waals surface area contributed by atoms with Crippen molar-refractivity contribution in [2.45, 2.75) is 12.5 Å². The first-order valence-corrected chi connectivity index (χ1v) is 8.33. The lowest BCUT2D eigenvalue weighted by Crippen LogP contribution is -2.01. The molecule has 2 nitrogen and oxygen atoms in total. The largest absolute Gasteiger partial charge is 0.388 e. The lowest BCUT2D eigenvalue weighted by Gasteiger charge is -2.08. The van der Waals surface area contributed by atoms with E-state index in [1.165, 1.54) is 0 Å². The Morgan fingerprint density at radius 1 is 1.05 bits per heavy atom. The summed E-state index contributed by atoms with van der Waals surface area (Å²) in [6.45, 7) is 0. The Labute approximate surface area is 136 Å². The molecule has 106 valence electrons. The van der Waals surface area contributed by atoms with Crippen LogP contribution in [0.1, 0.15) is 17.4 Å². The van der Waals surface area contributed by atoms with E-state index in [1.807, 2.05) is 60.0 Å². The molecule has 0 aliphatic carbocycles. The van der Waals surface area contributed by atoms with Gasteiger partial charge in [0.25, 0.3) is 0 Å². The van der Waals surface area contributed by atoms with Crippen LogP contribution in [0.15, 0.2) is 64.5 Å². The van der Waals surface area contributed by atoms with Crippen molar-refractivity contribution < 1.29 is 5.11 Å². The van der Waals surface area contributed by atoms with Crippen molar-refractivity contribution in [2.24, 2.45) is 0 Å². The molecule has 1 N–H and O–H groups in total. The highest BCUT2D eigenvalue weighted by Crippen LogP contribution is 2.27. The van der Waals surface area contributed by atoms with E-state index in [0.717, 1.165) is 26.3 Å². The number of benzene rings is 2. The van der Waals surface area contributed by atoms with Gasteiger partial charge in [-0.2, -0.15) is 0 Å². The Bertz CT molecular complexity index is 709. The van der Waals surface area contributed by atoms with Gasteiger partial charge in [0, 0.05) is 21.8 Å². The maximum absolute atomic E-state index is 10.2. The predicted molar refractivity (Wildman–Crippen MR) is 90.4 cm³/mol. The third-order valence-corrected chi connectivity index (χ3v) is 4.70. The number of halogens is 1. The molecule has 3 rings (SSSR count). The van der Waals surface area contributed by atoms with Gasteiger partial charge >= 0.3 is 0 Å². The molecule has 0 spiro atoms. The molecule has 0 saturated carbocycles. The number of aromatic nitrogens is 1. The van der Waals surface area contributed by atoms with Crippen LogP contribution >= 0.6 is 27.3 Å². The quantitative estimate of drug-likeness (QED) is 0.722. The van der Waals surface area contributed by atoms with Crippen LogP contribution in [0.4, 0.5) is 0 Å². The van der Waals surface area contributed by atoms with Crippen molar-refractivity contribution in [3.63, 3.8) is 0 Å². The highest BCUT2D eigenvalue weighted by Gasteiger charge is 2.11. The van der Waals surface area contributed by atoms with Crippen LogP contribution < -0.4 is 0 Å². The Balaban J connectivity index is 1.75. The summed E-state index contributed by atoms with van der Waals surface area (Å²) in [5.41, 5.74) is 2.95. The van der Waals surface area contributed by atoms with Crippen LogP contribution in [0.25, 0.3) is 10.6 Å². The van der Waals surface area contributed by atoms with E-state index < -0.39 is 6.10 Å². The summed E-state index contributed by atoms with van der Waals surface area (Å²) in [4.78, 5) is 4.62. The van der Waals surface area contributed by atoms with Crippen molar-refractivity contribution in [3.05, 3.63) is 75.7 Å². The Morgan fingerprint density at radius 3 is 2.48 bits per heavy atom. The summed E-state index contributed by atoms with van der Waals surface area (Å²) >= 11 is 5.04. The summed E-state index contributed by atoms with van der Waals surface area (Å²) in [6.07, 6.45) is 0.0305. The number of rotatable bonds is 4. The molecular weight excluding hydrogens is 346 g/mol. The molecule has 0 bridgehead atoms. The number of nitrogens with zero attached hydrogens (tertiary/aromatic N) is 1. The SMILES string of the molecule is OC(Cc1csc(-c2ccc(Br)cc2)n1)c1ccccc1. The smallest absolute Gasteiger partial charge is 0.123 e. The maximum Gasteiger partial charge on any atom is 0.123 e. The first-order chi connectivity index (χ1) is 10.2. The third-order valence-electron chi connectivity index (χ3n) is 3.23. The fourth-order valence-electron chi connectivity index (χ4n) is 2.12. The number of hydrogen-bond donors (Lipinski definition) is 1. The minimum atomic E-state index is -0.508. The van der Waals surface area contributed by atoms with E-state index in [9.17, 15) is 5.11 Å². The Hall–Kier alpha value is -1.49. The van der Waals surface area contributed by atoms with Crippen LogP contribution in [-0.2, 0) is 6.42 Å². The zero-order valence-corrected chi connectivity index (χ0v) is 13.6. The topological polar surface area (TPSA) is 33.1 Å². The molecule has 0 radical (unpaired) electrons. The van der Waals surface area contributed by atoms with E-state index in [-0.39, 0.29) is 0 Å². The van der Waals surface area contributed by atoms with Gasteiger partial charge in [0.2, 0.25) is 0 Å². The minimum Gasteiger partial charge on any atom is -0.388 e. The molecule has 0 fully saturated rings. The number of aliphatic hydroxyl groups is 1. The van der Waals surface area contributed by atoms with Crippen LogP contribution in [0.3, 0.4) is 0 Å². The molecule has 0 aliphatic heterocycles. The van der Waals surface area contributed by atoms with Crippen molar-refractivity contribution >= 4 is 27.3 Å². The maximum atomic E-state index is 10.2. The second kappa shape index (κ2) is 6.52. The third kappa shape index (κ3) is 3.59. The van der Waals surface area contributed by atoms with E-state index in [4.69, 9.17) is 0 Å². The fourth-order valence-corrected chi connectivity index (χ4v) is 3.22. The molecular formula is C17H14BrNOS. The van der Waals surface area contributed by atoms with Gasteiger partial charge in [-0.05, 0) is 17.7 Å². The Morgan fingerprint density at radius 2 is 1.76 bits per heavy atom. The molecule has 0 amide bonds. The average molecular weight is 360 g/mol. The van der Waals surface area contributed by atoms with Gasteiger partial charge in [-0.1, -0.05) is 58.4 Å². The van der Waals surface area contributed by atoms with Crippen molar-refractivity contribution in [1.82, 2.24) is 4.98 Å². The van der Waals surface area contributed by atoms with Gasteiger partial charge < -0.3 is 5.11 Å². The number of aliphatic hydroxyl groups excluding tert-OH is 1. The predicted octanol–water partition coefficient (Wildman–Crippen LogP) is 4.85. The second-order valence-electron chi connectivity index (χ2n) is 4.78. The first kappa shape index (κ1) is 14.4. The Kier molecular flexibility index (Phi) is 4.48. The van der Waals surface area contributed by atoms with Crippen LogP contribution in [-0.4, -0.2) is 10.1 Å². The number of thiazole rings is 1. The molecule has 1 heterocycles. The summed E-state index contributed by atoms with van der Waals surface area (Å²) in [7, 11) is 0. The average Bonchev–Trinajstić information content (AvgIpc) is 2.97. The second-order valence-corrected chi connectivity index (χ2v) is 6.56. The molecule has 2 aromatic carbocycles. The molecule has 3 aromatic rings. The summed E-state index contributed by atoms with van der Waals surface area (Å²) in [5.74, 6) is 0. The van der Waals surface area contributed by atoms with Gasteiger partial charge in [0.1, 0.15) is 5.01 Å². The normalized spacial score (nSPS) is 12.3. The van der Waals surface area contributed by atoms with Crippen LogP contribution in [0, 0.1) is 0 Å². The first-order valence-electron chi connectivity index (χ1n) is 6.66. The summed E-state index contributed by atoms with van der Waals surface area (Å²) in [5, 5.41) is 13.3. The van der Waals surface area contributed by atoms with Crippen molar-refractivity contribution in [2.75, 3.05) is 0 Å². The summed E-state index contributed by atoms with van der Waals surface area (Å²) < 4.78 is 1.06. The lowest BCUT2D eigenvalue weighted by molar-refractivity contribution is 0.177. The summed E-state index contributed by atoms with van der Waals surface area (Å²) in [6, 6.07) is 17.8. The van der Waals surface area contributed by atoms with Gasteiger partial charge in [-0.25, -0.2) is 4.98 Å². The van der Waals surface area contributed by atoms with E-state index in [0.29, 0.717) is 6.42 Å². The van der Waals surface area contributed by atoms with Gasteiger partial charge in [0.15, 0.2) is 0 Å². The van der Waals surface area contributed by atoms with E-state index in [1.54, 1.807) is 11.3 Å². The van der Waals surface area contributed by atoms with Crippen molar-refractivity contribution in [1.29, 1.82) is 0 Å². The highest BCUT2D eigenvalue weighted by atomic mass is 79.9. The molecule has 4 heteroatoms. The molecule has 21 heavy (non-hydrogen) atoms. The highest BCUT2D eigenvalue weighted by molar-refractivity contribution is 9.10. The van der Waals surface area contributed by atoms with Gasteiger partial charge in [0.05, 0.1) is 11.8 Å². The monoisotopic (exact) mass is 359 g/mol. The van der Waals surface area contributed by atoms with Crippen molar-refractivity contribution in [3.8, 4) is 10.6 Å². The van der Waals surface area contributed by atoms with Crippen LogP contribution in [0.2, 0.25) is 0 Å². The van der Waals surface area contributed by atoms with Gasteiger partial charge in [-0.3, -0.25) is 0 Å². The lowest BCUT2D eigenvalue weighted by atomic mass is 10.1. The fraction of sp³-hybridized carbons (Fsp3) is 0.118. The van der Waals surface area contributed by atoms with E-state index in [2.05, 4.69) is 20.9 Å². The molecule has 1 atom stereocenters. The van der Waals surface area contributed by atoms with E-state index >= 15 is 0 Å². The molecule has 0 saturated heterocycles. The zero-order chi connectivity index (χ0) is 14.7. The molecule has 1 unspecified atom stereocenters. The van der Waals surface area contributed by atoms with Gasteiger partial charge in [-0.15, -0.1) is 11.3 Å². The van der Waals surface area contributed by atoms with Crippen LogP contribution in [0.5, 0.6) is 0 Å². The zero-order valence-electron chi connectivity index (χ0n) is 11.2. The number of hydrogen-bond acceptors (Lipinski definition) is 3.